The van der Waals surface area contributed by atoms with Crippen molar-refractivity contribution in [1.29, 1.82) is 0 Å². The van der Waals surface area contributed by atoms with E-state index in [4.69, 9.17) is 5.11 Å². The number of carboxylic acids is 1. The van der Waals surface area contributed by atoms with Gasteiger partial charge in [-0.15, -0.1) is 0 Å². The first-order chi connectivity index (χ1) is 9.54. The summed E-state index contributed by atoms with van der Waals surface area (Å²) in [6, 6.07) is 2.63. The van der Waals surface area contributed by atoms with Crippen LogP contribution in [0.4, 0.5) is 0 Å². The molecule has 0 fully saturated rings. The molecule has 0 radical (unpaired) electrons. The maximum absolute atomic E-state index is 11.7. The normalized spacial score (nSPS) is 9.85. The second-order valence-corrected chi connectivity index (χ2v) is 4.09. The highest BCUT2D eigenvalue weighted by Crippen LogP contribution is 2.00. The van der Waals surface area contributed by atoms with Crippen molar-refractivity contribution < 1.29 is 19.5 Å². The Labute approximate surface area is 116 Å². The molecule has 0 aliphatic carbocycles. The molecule has 0 aromatic carbocycles. The number of hydrogen-bond donors (Lipinski definition) is 3. The molecule has 1 aromatic heterocycles. The number of nitrogens with one attached hydrogen (secondary N) is 2. The van der Waals surface area contributed by atoms with E-state index in [2.05, 4.69) is 15.6 Å². The van der Waals surface area contributed by atoms with E-state index in [-0.39, 0.29) is 30.1 Å². The molecule has 0 saturated carbocycles. The number of aromatic carboxylic acids is 1. The minimum absolute atomic E-state index is 0.0143. The fraction of sp³-hybridized carbons (Fsp3) is 0.385. The number of carboxylic acid groups (broad SMARTS) is 1. The third-order valence-electron chi connectivity index (χ3n) is 2.45. The van der Waals surface area contributed by atoms with E-state index in [1.807, 2.05) is 6.92 Å². The third-order valence-corrected chi connectivity index (χ3v) is 2.45. The molecular weight excluding hydrogens is 262 g/mol. The molecular formula is C13H17N3O4. The zero-order valence-corrected chi connectivity index (χ0v) is 11.2. The van der Waals surface area contributed by atoms with Gasteiger partial charge in [0.1, 0.15) is 5.69 Å². The van der Waals surface area contributed by atoms with Gasteiger partial charge >= 0.3 is 5.97 Å². The quantitative estimate of drug-likeness (QED) is 0.670. The van der Waals surface area contributed by atoms with Crippen molar-refractivity contribution in [3.05, 3.63) is 29.6 Å². The van der Waals surface area contributed by atoms with Crippen molar-refractivity contribution in [2.75, 3.05) is 13.1 Å². The summed E-state index contributed by atoms with van der Waals surface area (Å²) in [5.41, 5.74) is 0.129. The smallest absolute Gasteiger partial charge is 0.337 e. The van der Waals surface area contributed by atoms with Crippen molar-refractivity contribution in [2.24, 2.45) is 0 Å². The van der Waals surface area contributed by atoms with Crippen molar-refractivity contribution in [3.63, 3.8) is 0 Å². The molecule has 108 valence electrons. The lowest BCUT2D eigenvalue weighted by atomic mass is 10.2. The average molecular weight is 279 g/mol. The molecule has 0 atom stereocenters. The standard InChI is InChI=1S/C13H17N3O4/c1-2-6-14-11(17)5-7-15-12(18)10-4-3-9(8-16-10)13(19)20/h3-4,8H,2,5-7H2,1H3,(H,14,17)(H,15,18)(H,19,20). The minimum Gasteiger partial charge on any atom is -0.478 e. The molecule has 0 aliphatic heterocycles. The monoisotopic (exact) mass is 279 g/mol. The highest BCUT2D eigenvalue weighted by atomic mass is 16.4. The van der Waals surface area contributed by atoms with Crippen LogP contribution in [0.2, 0.25) is 0 Å². The molecule has 1 aromatic rings. The number of amides is 2. The third kappa shape index (κ3) is 5.05. The van der Waals surface area contributed by atoms with Crippen LogP contribution in [0.25, 0.3) is 0 Å². The SMILES string of the molecule is CCCNC(=O)CCNC(=O)c1ccc(C(=O)O)cn1. The largest absolute Gasteiger partial charge is 0.478 e. The number of aromatic nitrogens is 1. The Bertz CT molecular complexity index is 485. The number of carbonyl (C=O) groups excluding carboxylic acids is 2. The maximum atomic E-state index is 11.7. The Morgan fingerprint density at radius 2 is 1.95 bits per heavy atom. The van der Waals surface area contributed by atoms with Gasteiger partial charge in [0.2, 0.25) is 5.91 Å². The van der Waals surface area contributed by atoms with Crippen LogP contribution in [-0.2, 0) is 4.79 Å². The molecule has 0 unspecified atom stereocenters. The van der Waals surface area contributed by atoms with Gasteiger partial charge in [0, 0.05) is 25.7 Å². The summed E-state index contributed by atoms with van der Waals surface area (Å²) < 4.78 is 0. The molecule has 0 spiro atoms. The van der Waals surface area contributed by atoms with Crippen LogP contribution < -0.4 is 10.6 Å². The van der Waals surface area contributed by atoms with Gasteiger partial charge in [0.15, 0.2) is 0 Å². The van der Waals surface area contributed by atoms with Gasteiger partial charge in [-0.2, -0.15) is 0 Å². The highest BCUT2D eigenvalue weighted by Gasteiger charge is 2.09. The van der Waals surface area contributed by atoms with Gasteiger partial charge in [-0.1, -0.05) is 6.92 Å². The van der Waals surface area contributed by atoms with E-state index in [0.29, 0.717) is 6.54 Å². The Morgan fingerprint density at radius 1 is 1.20 bits per heavy atom. The Balaban J connectivity index is 2.39. The molecule has 20 heavy (non-hydrogen) atoms. The van der Waals surface area contributed by atoms with E-state index in [1.165, 1.54) is 12.1 Å². The fourth-order valence-electron chi connectivity index (χ4n) is 1.39. The van der Waals surface area contributed by atoms with Gasteiger partial charge in [0.05, 0.1) is 5.56 Å². The summed E-state index contributed by atoms with van der Waals surface area (Å²) in [6.45, 7) is 2.77. The molecule has 3 N–H and O–H groups in total. The molecule has 0 bridgehead atoms. The summed E-state index contributed by atoms with van der Waals surface area (Å²) in [4.78, 5) is 37.3. The summed E-state index contributed by atoms with van der Waals surface area (Å²) in [5, 5.41) is 13.9. The van der Waals surface area contributed by atoms with Crippen molar-refractivity contribution in [1.82, 2.24) is 15.6 Å². The van der Waals surface area contributed by atoms with Crippen molar-refractivity contribution in [2.45, 2.75) is 19.8 Å². The lowest BCUT2D eigenvalue weighted by molar-refractivity contribution is -0.120. The summed E-state index contributed by atoms with van der Waals surface area (Å²) in [5.74, 6) is -1.66. The van der Waals surface area contributed by atoms with Gasteiger partial charge in [-0.05, 0) is 18.6 Å². The van der Waals surface area contributed by atoms with E-state index < -0.39 is 11.9 Å². The topological polar surface area (TPSA) is 108 Å². The first kappa shape index (κ1) is 15.6. The molecule has 7 nitrogen and oxygen atoms in total. The van der Waals surface area contributed by atoms with E-state index >= 15 is 0 Å². The van der Waals surface area contributed by atoms with E-state index in [1.54, 1.807) is 0 Å². The van der Waals surface area contributed by atoms with Crippen LogP contribution in [0.15, 0.2) is 18.3 Å². The number of hydrogen-bond acceptors (Lipinski definition) is 4. The predicted molar refractivity (Wildman–Crippen MR) is 71.4 cm³/mol. The second kappa shape index (κ2) is 7.88. The second-order valence-electron chi connectivity index (χ2n) is 4.09. The number of rotatable bonds is 7. The van der Waals surface area contributed by atoms with E-state index in [0.717, 1.165) is 12.6 Å². The maximum Gasteiger partial charge on any atom is 0.337 e. The van der Waals surface area contributed by atoms with Crippen LogP contribution in [-0.4, -0.2) is 41.0 Å². The van der Waals surface area contributed by atoms with Crippen LogP contribution in [0.3, 0.4) is 0 Å². The Morgan fingerprint density at radius 3 is 2.50 bits per heavy atom. The Hall–Kier alpha value is -2.44. The summed E-state index contributed by atoms with van der Waals surface area (Å²) in [7, 11) is 0. The van der Waals surface area contributed by atoms with Gasteiger partial charge in [0.25, 0.3) is 5.91 Å². The zero-order valence-electron chi connectivity index (χ0n) is 11.2. The van der Waals surface area contributed by atoms with Crippen LogP contribution >= 0.6 is 0 Å². The van der Waals surface area contributed by atoms with Gasteiger partial charge in [-0.3, -0.25) is 14.6 Å². The summed E-state index contributed by atoms with van der Waals surface area (Å²) >= 11 is 0. The number of nitrogens with zero attached hydrogens (tertiary/aromatic N) is 1. The zero-order chi connectivity index (χ0) is 15.0. The van der Waals surface area contributed by atoms with Crippen LogP contribution in [0.5, 0.6) is 0 Å². The minimum atomic E-state index is -1.10. The molecule has 1 rings (SSSR count). The highest BCUT2D eigenvalue weighted by molar-refractivity contribution is 5.93. The molecule has 0 aliphatic rings. The van der Waals surface area contributed by atoms with Gasteiger partial charge < -0.3 is 15.7 Å². The molecule has 2 amide bonds. The average Bonchev–Trinajstić information content (AvgIpc) is 2.45. The fourth-order valence-corrected chi connectivity index (χ4v) is 1.39. The van der Waals surface area contributed by atoms with Crippen molar-refractivity contribution in [3.8, 4) is 0 Å². The Kier molecular flexibility index (Phi) is 6.15. The first-order valence-electron chi connectivity index (χ1n) is 6.28. The lowest BCUT2D eigenvalue weighted by Crippen LogP contribution is -2.31. The van der Waals surface area contributed by atoms with Crippen LogP contribution in [0.1, 0.15) is 40.6 Å². The summed E-state index contributed by atoms with van der Waals surface area (Å²) in [6.07, 6.45) is 2.17. The van der Waals surface area contributed by atoms with E-state index in [9.17, 15) is 14.4 Å². The molecule has 1 heterocycles. The molecule has 0 saturated heterocycles. The van der Waals surface area contributed by atoms with Crippen LogP contribution in [0, 0.1) is 0 Å². The van der Waals surface area contributed by atoms with Crippen molar-refractivity contribution >= 4 is 17.8 Å². The van der Waals surface area contributed by atoms with Gasteiger partial charge in [-0.25, -0.2) is 4.79 Å². The number of carbonyl (C=O) groups is 3. The lowest BCUT2D eigenvalue weighted by Gasteiger charge is -2.05. The number of pyridine rings is 1. The molecule has 7 heteroatoms. The first-order valence-corrected chi connectivity index (χ1v) is 6.28. The predicted octanol–water partition coefficient (Wildman–Crippen LogP) is 0.426.